The van der Waals surface area contributed by atoms with E-state index in [1.54, 1.807) is 0 Å². The molecule has 20 heteroatoms. The largest absolute Gasteiger partial charge is 0.460 e. The maximum Gasteiger partial charge on any atom is 0.460 e. The third-order valence-corrected chi connectivity index (χ3v) is 3.04. The van der Waals surface area contributed by atoms with Crippen molar-refractivity contribution >= 4 is 0 Å². The van der Waals surface area contributed by atoms with Crippen LogP contribution in [0.4, 0.5) is 87.8 Å². The highest BCUT2D eigenvalue weighted by atomic mass is 19.4. The maximum atomic E-state index is 13.1. The van der Waals surface area contributed by atoms with Gasteiger partial charge in [0.15, 0.2) is 0 Å². The third kappa shape index (κ3) is 3.62. The minimum atomic E-state index is -8.83. The van der Waals surface area contributed by atoms with Crippen molar-refractivity contribution in [3.8, 4) is 0 Å². The van der Waals surface area contributed by atoms with E-state index in [1.807, 2.05) is 0 Å². The van der Waals surface area contributed by atoms with E-state index in [4.69, 9.17) is 0 Å². The molecule has 0 fully saturated rings. The molecule has 0 aliphatic rings. The van der Waals surface area contributed by atoms with Gasteiger partial charge in [0.05, 0.1) is 0 Å². The number of hydrogen-bond acceptors (Lipinski definition) is 0. The zero-order chi connectivity index (χ0) is 25.2. The summed E-state index contributed by atoms with van der Waals surface area (Å²) in [5.41, 5.74) is 0. The molecule has 0 atom stereocenters. The van der Waals surface area contributed by atoms with E-state index in [0.29, 0.717) is 0 Å². The predicted octanol–water partition coefficient (Wildman–Crippen LogP) is 7.07. The van der Waals surface area contributed by atoms with Crippen LogP contribution in [0.15, 0.2) is 11.7 Å². The fraction of sp³-hybridized carbons (Fsp3) is 0.800. The average molecular weight is 500 g/mol. The third-order valence-electron chi connectivity index (χ3n) is 3.04. The van der Waals surface area contributed by atoms with Crippen LogP contribution in [0.3, 0.4) is 0 Å². The van der Waals surface area contributed by atoms with E-state index in [1.165, 1.54) is 0 Å². The molecule has 180 valence electrons. The minimum absolute atomic E-state index is 4.96. The van der Waals surface area contributed by atoms with Gasteiger partial charge in [-0.05, 0) is 0 Å². The molecule has 0 aromatic rings. The lowest BCUT2D eigenvalue weighted by Crippen LogP contribution is -2.72. The summed E-state index contributed by atoms with van der Waals surface area (Å²) in [5.74, 6) is -61.6. The first kappa shape index (κ1) is 28.3. The summed E-state index contributed by atoms with van der Waals surface area (Å²) < 4.78 is 250. The Hall–Kier alpha value is -1.66. The monoisotopic (exact) mass is 500 g/mol. The van der Waals surface area contributed by atoms with Gasteiger partial charge in [-0.25, -0.2) is 4.39 Å². The van der Waals surface area contributed by atoms with Gasteiger partial charge in [-0.2, -0.15) is 83.4 Å². The molecular weight excluding hydrogens is 500 g/mol. The number of halogens is 20. The molecule has 0 aromatic heterocycles. The highest BCUT2D eigenvalue weighted by molar-refractivity contribution is 5.23. The zero-order valence-corrected chi connectivity index (χ0v) is 12.6. The molecule has 30 heavy (non-hydrogen) atoms. The Balaban J connectivity index is 6.86. The van der Waals surface area contributed by atoms with Crippen LogP contribution >= 0.6 is 0 Å². The van der Waals surface area contributed by atoms with Crippen LogP contribution in [0.5, 0.6) is 0 Å². The molecule has 0 aromatic carbocycles. The number of rotatable bonds is 6. The molecule has 0 heterocycles. The molecule has 0 bridgehead atoms. The fourth-order valence-corrected chi connectivity index (χ4v) is 1.37. The second kappa shape index (κ2) is 6.92. The summed E-state index contributed by atoms with van der Waals surface area (Å²) >= 11 is 0. The number of hydrogen-bond donors (Lipinski definition) is 0. The van der Waals surface area contributed by atoms with Gasteiger partial charge in [0, 0.05) is 0 Å². The van der Waals surface area contributed by atoms with Crippen LogP contribution in [0.25, 0.3) is 0 Å². The van der Waals surface area contributed by atoms with E-state index >= 15 is 0 Å². The minimum Gasteiger partial charge on any atom is -0.202 e. The highest BCUT2D eigenvalue weighted by Gasteiger charge is 2.93. The lowest BCUT2D eigenvalue weighted by Gasteiger charge is -2.41. The summed E-state index contributed by atoms with van der Waals surface area (Å²) in [6.45, 7) is 0. The first-order valence-electron chi connectivity index (χ1n) is 6.03. The Kier molecular flexibility index (Phi) is 6.54. The summed E-state index contributed by atoms with van der Waals surface area (Å²) in [7, 11) is 0. The Morgan fingerprint density at radius 2 is 0.600 bits per heavy atom. The summed E-state index contributed by atoms with van der Waals surface area (Å²) in [6.07, 6.45) is -14.9. The molecule has 0 saturated carbocycles. The van der Waals surface area contributed by atoms with Gasteiger partial charge in [-0.1, -0.05) is 0 Å². The van der Waals surface area contributed by atoms with Gasteiger partial charge >= 0.3 is 47.9 Å². The van der Waals surface area contributed by atoms with Crippen LogP contribution in [0.1, 0.15) is 0 Å². The van der Waals surface area contributed by atoms with Crippen LogP contribution in [0, 0.1) is 0 Å². The lowest BCUT2D eigenvalue weighted by atomic mass is 9.90. The van der Waals surface area contributed by atoms with E-state index in [2.05, 4.69) is 0 Å². The van der Waals surface area contributed by atoms with Crippen molar-refractivity contribution in [2.75, 3.05) is 0 Å². The number of alkyl halides is 18. The molecule has 0 saturated heterocycles. The van der Waals surface area contributed by atoms with Crippen LogP contribution in [0.2, 0.25) is 0 Å². The van der Waals surface area contributed by atoms with Gasteiger partial charge in [0.1, 0.15) is 0 Å². The Bertz CT molecular complexity index is 671. The summed E-state index contributed by atoms with van der Waals surface area (Å²) in [5, 5.41) is 0. The van der Waals surface area contributed by atoms with Crippen molar-refractivity contribution in [3.63, 3.8) is 0 Å². The van der Waals surface area contributed by atoms with Crippen molar-refractivity contribution < 1.29 is 87.8 Å². The van der Waals surface area contributed by atoms with Gasteiger partial charge in [-0.15, -0.1) is 0 Å². The quantitative estimate of drug-likeness (QED) is 0.343. The van der Waals surface area contributed by atoms with Crippen LogP contribution in [-0.2, 0) is 0 Å². The maximum absolute atomic E-state index is 13.1. The molecule has 0 N–H and O–H groups in total. The standard InChI is InChI=1S/C10F20/c11-1(2(12)4(15,16)17)3(13,14)5(18,19)6(20,21)7(22,23)8(24,25)9(26,27)10(28,29)30. The van der Waals surface area contributed by atoms with E-state index < -0.39 is 59.5 Å². The van der Waals surface area contributed by atoms with Gasteiger partial charge in [-0.3, -0.25) is 0 Å². The summed E-state index contributed by atoms with van der Waals surface area (Å²) in [6, 6.07) is 0. The van der Waals surface area contributed by atoms with Gasteiger partial charge < -0.3 is 0 Å². The van der Waals surface area contributed by atoms with E-state index in [-0.39, 0.29) is 0 Å². The second-order valence-corrected chi connectivity index (χ2v) is 5.07. The molecule has 0 aliphatic heterocycles. The van der Waals surface area contributed by atoms with E-state index in [9.17, 15) is 87.8 Å². The van der Waals surface area contributed by atoms with Crippen LogP contribution < -0.4 is 0 Å². The SMILES string of the molecule is FC(=C(F)C(F)(F)C(F)(F)C(F)(F)C(F)(F)C(F)(F)C(F)(F)C(F)(F)F)C(F)(F)F. The molecule has 0 rings (SSSR count). The molecule has 0 spiro atoms. The Morgan fingerprint density at radius 1 is 0.333 bits per heavy atom. The number of allylic oxidation sites excluding steroid dienone is 2. The average Bonchev–Trinajstić information content (AvgIpc) is 2.50. The predicted molar refractivity (Wildman–Crippen MR) is 51.0 cm³/mol. The molecule has 0 nitrogen and oxygen atoms in total. The normalized spacial score (nSPS) is 17.2. The topological polar surface area (TPSA) is 0 Å². The van der Waals surface area contributed by atoms with Crippen molar-refractivity contribution in [1.82, 2.24) is 0 Å². The van der Waals surface area contributed by atoms with Crippen molar-refractivity contribution in [1.29, 1.82) is 0 Å². The molecular formula is C10F20. The van der Waals surface area contributed by atoms with E-state index in [0.717, 1.165) is 0 Å². The van der Waals surface area contributed by atoms with Crippen molar-refractivity contribution in [2.24, 2.45) is 0 Å². The Morgan fingerprint density at radius 3 is 0.867 bits per heavy atom. The van der Waals surface area contributed by atoms with Gasteiger partial charge in [0.2, 0.25) is 11.7 Å². The molecule has 0 aliphatic carbocycles. The highest BCUT2D eigenvalue weighted by Crippen LogP contribution is 2.63. The molecule has 0 amide bonds. The van der Waals surface area contributed by atoms with Crippen LogP contribution in [-0.4, -0.2) is 47.9 Å². The molecule has 0 radical (unpaired) electrons. The van der Waals surface area contributed by atoms with Crippen molar-refractivity contribution in [2.45, 2.75) is 47.9 Å². The van der Waals surface area contributed by atoms with Gasteiger partial charge in [0.25, 0.3) is 0 Å². The summed E-state index contributed by atoms with van der Waals surface area (Å²) in [4.78, 5) is 0. The lowest BCUT2D eigenvalue weighted by molar-refractivity contribution is -0.451. The second-order valence-electron chi connectivity index (χ2n) is 5.07. The first-order chi connectivity index (χ1) is 12.6. The van der Waals surface area contributed by atoms with Crippen molar-refractivity contribution in [3.05, 3.63) is 11.7 Å². The molecule has 0 unspecified atom stereocenters. The Labute approximate surface area is 149 Å². The first-order valence-corrected chi connectivity index (χ1v) is 6.03. The smallest absolute Gasteiger partial charge is 0.202 e. The zero-order valence-electron chi connectivity index (χ0n) is 12.6. The fourth-order valence-electron chi connectivity index (χ4n) is 1.37.